The molecule has 0 aliphatic heterocycles. The number of benzene rings is 2. The van der Waals surface area contributed by atoms with Gasteiger partial charge in [-0.2, -0.15) is 0 Å². The highest BCUT2D eigenvalue weighted by Crippen LogP contribution is 2.27. The van der Waals surface area contributed by atoms with Crippen molar-refractivity contribution < 1.29 is 18.3 Å². The van der Waals surface area contributed by atoms with E-state index >= 15 is 0 Å². The zero-order chi connectivity index (χ0) is 21.0. The van der Waals surface area contributed by atoms with Crippen LogP contribution < -0.4 is 15.7 Å². The van der Waals surface area contributed by atoms with Crippen molar-refractivity contribution in [2.45, 2.75) is 39.2 Å². The summed E-state index contributed by atoms with van der Waals surface area (Å²) in [6.07, 6.45) is -0.127. The lowest BCUT2D eigenvalue weighted by Crippen LogP contribution is -2.37. The molecule has 0 spiro atoms. The number of halogens is 1. The number of fused-ring (bicyclic) bond motifs is 1. The van der Waals surface area contributed by atoms with E-state index in [1.807, 2.05) is 19.9 Å². The van der Waals surface area contributed by atoms with E-state index in [2.05, 4.69) is 5.32 Å². The predicted octanol–water partition coefficient (Wildman–Crippen LogP) is 4.18. The van der Waals surface area contributed by atoms with Crippen molar-refractivity contribution in [3.63, 3.8) is 0 Å². The maximum absolute atomic E-state index is 12.9. The molecule has 0 saturated carbocycles. The average molecular weight is 397 g/mol. The molecule has 3 aromatic rings. The molecule has 152 valence electrons. The Morgan fingerprint density at radius 3 is 2.52 bits per heavy atom. The molecule has 0 saturated heterocycles. The van der Waals surface area contributed by atoms with Crippen LogP contribution in [0.3, 0.4) is 0 Å². The third-order valence-corrected chi connectivity index (χ3v) is 4.68. The number of amides is 1. The second-order valence-corrected chi connectivity index (χ2v) is 7.26. The van der Waals surface area contributed by atoms with Gasteiger partial charge in [0.1, 0.15) is 17.1 Å². The van der Waals surface area contributed by atoms with Gasteiger partial charge in [-0.05, 0) is 54.7 Å². The highest BCUT2D eigenvalue weighted by Gasteiger charge is 2.16. The van der Waals surface area contributed by atoms with Gasteiger partial charge in [0.25, 0.3) is 5.91 Å². The van der Waals surface area contributed by atoms with Crippen molar-refractivity contribution in [1.29, 1.82) is 0 Å². The number of rotatable bonds is 7. The van der Waals surface area contributed by atoms with E-state index in [-0.39, 0.29) is 17.6 Å². The summed E-state index contributed by atoms with van der Waals surface area (Å²) in [6.45, 7) is 6.09. The van der Waals surface area contributed by atoms with E-state index in [1.165, 1.54) is 18.2 Å². The molecule has 2 aromatic carbocycles. The second-order valence-electron chi connectivity index (χ2n) is 7.26. The fourth-order valence-electron chi connectivity index (χ4n) is 3.10. The predicted molar refractivity (Wildman–Crippen MR) is 110 cm³/mol. The smallest absolute Gasteiger partial charge is 0.336 e. The molecular weight excluding hydrogens is 373 g/mol. The highest BCUT2D eigenvalue weighted by molar-refractivity contribution is 5.83. The summed E-state index contributed by atoms with van der Waals surface area (Å²) < 4.78 is 23.9. The zero-order valence-corrected chi connectivity index (χ0v) is 16.7. The first-order chi connectivity index (χ1) is 13.8. The van der Waals surface area contributed by atoms with Crippen LogP contribution in [0.25, 0.3) is 11.0 Å². The standard InChI is InChI=1S/C23H24FNO4/c1-14(2)20-13-22(26)29-21-12-18(8-9-19(20)21)28-15(3)23(27)25-11-10-16-4-6-17(24)7-5-16/h4-9,12-15H,10-11H2,1-3H3,(H,25,27). The Balaban J connectivity index is 1.62. The molecular formula is C23H24FNO4. The van der Waals surface area contributed by atoms with Crippen molar-refractivity contribution in [3.8, 4) is 5.75 Å². The molecule has 3 rings (SSSR count). The van der Waals surface area contributed by atoms with Crippen LogP contribution in [0.2, 0.25) is 0 Å². The summed E-state index contributed by atoms with van der Waals surface area (Å²) in [4.78, 5) is 24.1. The first-order valence-electron chi connectivity index (χ1n) is 9.60. The molecule has 0 radical (unpaired) electrons. The molecule has 0 fully saturated rings. The third-order valence-electron chi connectivity index (χ3n) is 4.68. The van der Waals surface area contributed by atoms with Gasteiger partial charge in [-0.1, -0.05) is 26.0 Å². The fourth-order valence-corrected chi connectivity index (χ4v) is 3.10. The molecule has 1 unspecified atom stereocenters. The molecule has 1 aromatic heterocycles. The molecule has 0 aliphatic carbocycles. The minimum atomic E-state index is -0.722. The summed E-state index contributed by atoms with van der Waals surface area (Å²) in [7, 11) is 0. The highest BCUT2D eigenvalue weighted by atomic mass is 19.1. The van der Waals surface area contributed by atoms with Crippen LogP contribution in [0.15, 0.2) is 57.7 Å². The quantitative estimate of drug-likeness (QED) is 0.607. The molecule has 5 nitrogen and oxygen atoms in total. The van der Waals surface area contributed by atoms with Crippen molar-refractivity contribution in [3.05, 3.63) is 75.9 Å². The van der Waals surface area contributed by atoms with Gasteiger partial charge in [-0.15, -0.1) is 0 Å². The van der Waals surface area contributed by atoms with Crippen LogP contribution in [0.5, 0.6) is 5.75 Å². The van der Waals surface area contributed by atoms with Crippen molar-refractivity contribution in [2.75, 3.05) is 6.54 Å². The van der Waals surface area contributed by atoms with Gasteiger partial charge in [0.15, 0.2) is 6.10 Å². The van der Waals surface area contributed by atoms with E-state index < -0.39 is 11.7 Å². The van der Waals surface area contributed by atoms with Crippen molar-refractivity contribution in [2.24, 2.45) is 0 Å². The topological polar surface area (TPSA) is 68.5 Å². The molecule has 1 heterocycles. The lowest BCUT2D eigenvalue weighted by molar-refractivity contribution is -0.127. The van der Waals surface area contributed by atoms with Gasteiger partial charge in [0, 0.05) is 24.1 Å². The third kappa shape index (κ3) is 5.22. The molecule has 29 heavy (non-hydrogen) atoms. The Morgan fingerprint density at radius 2 is 1.83 bits per heavy atom. The van der Waals surface area contributed by atoms with Gasteiger partial charge in [-0.3, -0.25) is 4.79 Å². The maximum Gasteiger partial charge on any atom is 0.336 e. The molecule has 1 amide bonds. The van der Waals surface area contributed by atoms with Crippen LogP contribution in [-0.4, -0.2) is 18.6 Å². The van der Waals surface area contributed by atoms with Gasteiger partial charge in [-0.25, -0.2) is 9.18 Å². The first-order valence-corrected chi connectivity index (χ1v) is 9.60. The maximum atomic E-state index is 12.9. The molecule has 0 aliphatic rings. The minimum absolute atomic E-state index is 0.180. The van der Waals surface area contributed by atoms with Gasteiger partial charge < -0.3 is 14.5 Å². The summed E-state index contributed by atoms with van der Waals surface area (Å²) in [6, 6.07) is 12.9. The monoisotopic (exact) mass is 397 g/mol. The van der Waals surface area contributed by atoms with E-state index in [1.54, 1.807) is 31.2 Å². The lowest BCUT2D eigenvalue weighted by atomic mass is 10.00. The summed E-state index contributed by atoms with van der Waals surface area (Å²) in [5.74, 6) is 0.0815. The Kier molecular flexibility index (Phi) is 6.32. The number of carbonyl (C=O) groups excluding carboxylic acids is 1. The summed E-state index contributed by atoms with van der Waals surface area (Å²) in [5, 5.41) is 3.66. The molecule has 0 bridgehead atoms. The Hall–Kier alpha value is -3.15. The lowest BCUT2D eigenvalue weighted by Gasteiger charge is -2.15. The zero-order valence-electron chi connectivity index (χ0n) is 16.7. The SMILES string of the molecule is CC(Oc1ccc2c(C(C)C)cc(=O)oc2c1)C(=O)NCCc1ccc(F)cc1. The summed E-state index contributed by atoms with van der Waals surface area (Å²) in [5.41, 5.74) is 1.87. The van der Waals surface area contributed by atoms with Crippen LogP contribution >= 0.6 is 0 Å². The summed E-state index contributed by atoms with van der Waals surface area (Å²) >= 11 is 0. The van der Waals surface area contributed by atoms with E-state index in [4.69, 9.17) is 9.15 Å². The number of hydrogen-bond acceptors (Lipinski definition) is 4. The van der Waals surface area contributed by atoms with Crippen LogP contribution in [-0.2, 0) is 11.2 Å². The molecule has 6 heteroatoms. The Labute approximate surface area is 168 Å². The van der Waals surface area contributed by atoms with Gasteiger partial charge >= 0.3 is 5.63 Å². The van der Waals surface area contributed by atoms with E-state index in [0.717, 1.165) is 16.5 Å². The van der Waals surface area contributed by atoms with Crippen molar-refractivity contribution in [1.82, 2.24) is 5.32 Å². The average Bonchev–Trinajstić information content (AvgIpc) is 2.68. The Bertz CT molecular complexity index is 1060. The number of carbonyl (C=O) groups is 1. The second kappa shape index (κ2) is 8.90. The fraction of sp³-hybridized carbons (Fsp3) is 0.304. The largest absolute Gasteiger partial charge is 0.481 e. The van der Waals surface area contributed by atoms with E-state index in [9.17, 15) is 14.0 Å². The van der Waals surface area contributed by atoms with Crippen LogP contribution in [0.4, 0.5) is 4.39 Å². The Morgan fingerprint density at radius 1 is 1.10 bits per heavy atom. The van der Waals surface area contributed by atoms with E-state index in [0.29, 0.717) is 24.3 Å². The first kappa shape index (κ1) is 20.6. The van der Waals surface area contributed by atoms with Crippen LogP contribution in [0, 0.1) is 5.82 Å². The molecule has 1 N–H and O–H groups in total. The number of ether oxygens (including phenoxy) is 1. The number of hydrogen-bond donors (Lipinski definition) is 1. The van der Waals surface area contributed by atoms with Gasteiger partial charge in [0.2, 0.25) is 0 Å². The molecule has 1 atom stereocenters. The number of nitrogens with one attached hydrogen (secondary N) is 1. The van der Waals surface area contributed by atoms with Crippen LogP contribution in [0.1, 0.15) is 37.8 Å². The minimum Gasteiger partial charge on any atom is -0.481 e. The van der Waals surface area contributed by atoms with Gasteiger partial charge in [0.05, 0.1) is 0 Å². The van der Waals surface area contributed by atoms with Crippen molar-refractivity contribution >= 4 is 16.9 Å². The normalized spacial score (nSPS) is 12.2.